The van der Waals surface area contributed by atoms with Crippen molar-refractivity contribution in [1.82, 2.24) is 10.2 Å². The smallest absolute Gasteiger partial charge is 0.155 e. The maximum absolute atomic E-state index is 12.3. The lowest BCUT2D eigenvalue weighted by Gasteiger charge is -2.24. The van der Waals surface area contributed by atoms with Crippen molar-refractivity contribution in [3.63, 3.8) is 0 Å². The van der Waals surface area contributed by atoms with Crippen LogP contribution in [0.4, 0.5) is 0 Å². The molecule has 0 amide bonds. The number of likely N-dealkylation sites (tertiary alicyclic amines) is 1. The maximum Gasteiger partial charge on any atom is 0.155 e. The van der Waals surface area contributed by atoms with Gasteiger partial charge in [-0.25, -0.2) is 0 Å². The van der Waals surface area contributed by atoms with E-state index in [4.69, 9.17) is 0 Å². The van der Waals surface area contributed by atoms with Crippen molar-refractivity contribution in [3.8, 4) is 0 Å². The first-order valence-electron chi connectivity index (χ1n) is 5.97. The molecule has 0 aromatic carbocycles. The number of carbonyl (C=O) groups excluding carboxylic acids is 1. The van der Waals surface area contributed by atoms with E-state index in [1.165, 1.54) is 0 Å². The molecule has 0 aromatic heterocycles. The van der Waals surface area contributed by atoms with Crippen LogP contribution in [0.15, 0.2) is 0 Å². The molecule has 1 aliphatic carbocycles. The molecular formula is C12H22N2O. The zero-order chi connectivity index (χ0) is 11.1. The fourth-order valence-electron chi connectivity index (χ4n) is 2.63. The van der Waals surface area contributed by atoms with E-state index in [0.717, 1.165) is 32.4 Å². The molecule has 3 nitrogen and oxygen atoms in total. The lowest BCUT2D eigenvalue weighted by atomic mass is 9.87. The molecule has 1 saturated heterocycles. The summed E-state index contributed by atoms with van der Waals surface area (Å²) >= 11 is 0. The van der Waals surface area contributed by atoms with Crippen LogP contribution in [0.3, 0.4) is 0 Å². The molecule has 2 atom stereocenters. The van der Waals surface area contributed by atoms with Gasteiger partial charge in [-0.05, 0) is 45.8 Å². The first kappa shape index (κ1) is 11.1. The van der Waals surface area contributed by atoms with Gasteiger partial charge in [0.2, 0.25) is 0 Å². The molecular weight excluding hydrogens is 188 g/mol. The van der Waals surface area contributed by atoms with Crippen molar-refractivity contribution in [2.24, 2.45) is 11.3 Å². The van der Waals surface area contributed by atoms with Crippen molar-refractivity contribution in [1.29, 1.82) is 0 Å². The van der Waals surface area contributed by atoms with Crippen LogP contribution >= 0.6 is 0 Å². The maximum atomic E-state index is 12.3. The number of rotatable bonds is 4. The second-order valence-electron chi connectivity index (χ2n) is 5.50. The first-order chi connectivity index (χ1) is 7.07. The summed E-state index contributed by atoms with van der Waals surface area (Å²) in [6.07, 6.45) is 3.34. The van der Waals surface area contributed by atoms with Crippen LogP contribution in [0.1, 0.15) is 26.2 Å². The Hall–Kier alpha value is -0.410. The minimum absolute atomic E-state index is 0.00877. The molecule has 1 heterocycles. The lowest BCUT2D eigenvalue weighted by Crippen LogP contribution is -2.45. The highest BCUT2D eigenvalue weighted by Gasteiger charge is 2.49. The average molecular weight is 210 g/mol. The van der Waals surface area contributed by atoms with E-state index in [9.17, 15) is 4.79 Å². The predicted molar refractivity (Wildman–Crippen MR) is 60.8 cm³/mol. The van der Waals surface area contributed by atoms with Gasteiger partial charge in [-0.3, -0.25) is 4.79 Å². The number of hydrogen-bond acceptors (Lipinski definition) is 3. The Kier molecular flexibility index (Phi) is 2.86. The molecule has 3 heteroatoms. The minimum atomic E-state index is 0.00877. The summed E-state index contributed by atoms with van der Waals surface area (Å²) in [4.78, 5) is 14.6. The molecule has 2 unspecified atom stereocenters. The van der Waals surface area contributed by atoms with Gasteiger partial charge < -0.3 is 10.2 Å². The third kappa shape index (κ3) is 2.08. The van der Waals surface area contributed by atoms with Gasteiger partial charge in [0.05, 0.1) is 6.04 Å². The molecule has 0 bridgehead atoms. The second kappa shape index (κ2) is 3.87. The van der Waals surface area contributed by atoms with E-state index in [0.29, 0.717) is 11.7 Å². The highest BCUT2D eigenvalue weighted by molar-refractivity contribution is 5.91. The Morgan fingerprint density at radius 1 is 1.53 bits per heavy atom. The summed E-state index contributed by atoms with van der Waals surface area (Å²) in [6.45, 7) is 4.30. The van der Waals surface area contributed by atoms with Crippen molar-refractivity contribution in [3.05, 3.63) is 0 Å². The first-order valence-corrected chi connectivity index (χ1v) is 5.97. The fourth-order valence-corrected chi connectivity index (χ4v) is 2.63. The van der Waals surface area contributed by atoms with Crippen LogP contribution in [-0.4, -0.2) is 43.9 Å². The van der Waals surface area contributed by atoms with E-state index in [1.807, 2.05) is 7.05 Å². The minimum Gasteiger partial charge on any atom is -0.310 e. The van der Waals surface area contributed by atoms with Crippen molar-refractivity contribution in [2.45, 2.75) is 32.2 Å². The van der Waals surface area contributed by atoms with Gasteiger partial charge in [0.25, 0.3) is 0 Å². The summed E-state index contributed by atoms with van der Waals surface area (Å²) in [5, 5.41) is 3.23. The quantitative estimate of drug-likeness (QED) is 0.748. The summed E-state index contributed by atoms with van der Waals surface area (Å²) < 4.78 is 0. The van der Waals surface area contributed by atoms with E-state index < -0.39 is 0 Å². The van der Waals surface area contributed by atoms with Gasteiger partial charge in [-0.2, -0.15) is 0 Å². The van der Waals surface area contributed by atoms with Crippen molar-refractivity contribution < 1.29 is 4.79 Å². The zero-order valence-corrected chi connectivity index (χ0v) is 10.0. The standard InChI is InChI=1S/C12H22N2O/c1-12(5-6-12)11(15)10(13-2)9-4-7-14(3)8-9/h9-10,13H,4-8H2,1-3H3. The Balaban J connectivity index is 2.00. The SMILES string of the molecule is CNC(C(=O)C1(C)CC1)C1CCN(C)C1. The Morgan fingerprint density at radius 3 is 2.60 bits per heavy atom. The predicted octanol–water partition coefficient (Wildman–Crippen LogP) is 0.895. The number of nitrogens with zero attached hydrogens (tertiary/aromatic N) is 1. The molecule has 0 spiro atoms. The largest absolute Gasteiger partial charge is 0.310 e. The van der Waals surface area contributed by atoms with E-state index in [2.05, 4.69) is 24.2 Å². The molecule has 2 fully saturated rings. The summed E-state index contributed by atoms with van der Waals surface area (Å²) in [7, 11) is 4.06. The third-order valence-electron chi connectivity index (χ3n) is 4.09. The molecule has 2 aliphatic rings. The van der Waals surface area contributed by atoms with E-state index in [-0.39, 0.29) is 11.5 Å². The molecule has 1 aliphatic heterocycles. The Labute approximate surface area is 92.2 Å². The third-order valence-corrected chi connectivity index (χ3v) is 4.09. The number of likely N-dealkylation sites (N-methyl/N-ethyl adjacent to an activating group) is 1. The second-order valence-corrected chi connectivity index (χ2v) is 5.50. The molecule has 86 valence electrons. The van der Waals surface area contributed by atoms with Gasteiger partial charge >= 0.3 is 0 Å². The molecule has 1 saturated carbocycles. The van der Waals surface area contributed by atoms with Gasteiger partial charge in [0, 0.05) is 12.0 Å². The van der Waals surface area contributed by atoms with Gasteiger partial charge in [0.15, 0.2) is 5.78 Å². The van der Waals surface area contributed by atoms with Crippen molar-refractivity contribution >= 4 is 5.78 Å². The Morgan fingerprint density at radius 2 is 2.20 bits per heavy atom. The molecule has 0 radical (unpaired) electrons. The number of hydrogen-bond donors (Lipinski definition) is 1. The lowest BCUT2D eigenvalue weighted by molar-refractivity contribution is -0.126. The monoisotopic (exact) mass is 210 g/mol. The highest BCUT2D eigenvalue weighted by Crippen LogP contribution is 2.47. The van der Waals surface area contributed by atoms with Crippen LogP contribution in [0.2, 0.25) is 0 Å². The Bertz CT molecular complexity index is 260. The number of nitrogens with one attached hydrogen (secondary N) is 1. The van der Waals surface area contributed by atoms with E-state index >= 15 is 0 Å². The number of ketones is 1. The summed E-state index contributed by atoms with van der Waals surface area (Å²) in [5.41, 5.74) is 0.00877. The fraction of sp³-hybridized carbons (Fsp3) is 0.917. The zero-order valence-electron chi connectivity index (χ0n) is 10.0. The van der Waals surface area contributed by atoms with Gasteiger partial charge in [-0.1, -0.05) is 6.92 Å². The van der Waals surface area contributed by atoms with E-state index in [1.54, 1.807) is 0 Å². The van der Waals surface area contributed by atoms with Crippen LogP contribution in [0.5, 0.6) is 0 Å². The molecule has 1 N–H and O–H groups in total. The normalized spacial score (nSPS) is 31.5. The topological polar surface area (TPSA) is 32.3 Å². The van der Waals surface area contributed by atoms with Gasteiger partial charge in [-0.15, -0.1) is 0 Å². The molecule has 0 aromatic rings. The average Bonchev–Trinajstić information content (AvgIpc) is 2.81. The molecule has 2 rings (SSSR count). The van der Waals surface area contributed by atoms with Crippen LogP contribution in [0.25, 0.3) is 0 Å². The van der Waals surface area contributed by atoms with Gasteiger partial charge in [0.1, 0.15) is 0 Å². The van der Waals surface area contributed by atoms with Crippen molar-refractivity contribution in [2.75, 3.05) is 27.2 Å². The van der Waals surface area contributed by atoms with Crippen LogP contribution < -0.4 is 5.32 Å². The number of Topliss-reactive ketones (excluding diaryl/α,β-unsaturated/α-hetero) is 1. The van der Waals surface area contributed by atoms with Crippen LogP contribution in [0, 0.1) is 11.3 Å². The molecule has 15 heavy (non-hydrogen) atoms. The summed E-state index contributed by atoms with van der Waals surface area (Å²) in [6, 6.07) is 0.0856. The summed E-state index contributed by atoms with van der Waals surface area (Å²) in [5.74, 6) is 0.968. The number of carbonyl (C=O) groups is 1. The van der Waals surface area contributed by atoms with Crippen LogP contribution in [-0.2, 0) is 4.79 Å². The highest BCUT2D eigenvalue weighted by atomic mass is 16.1.